The number of hydrogen-bond acceptors (Lipinski definition) is 6. The summed E-state index contributed by atoms with van der Waals surface area (Å²) in [5.41, 5.74) is 34.1. The summed E-state index contributed by atoms with van der Waals surface area (Å²) in [6.07, 6.45) is 0. The van der Waals surface area contributed by atoms with E-state index in [2.05, 4.69) is 648 Å². The van der Waals surface area contributed by atoms with Crippen LogP contribution in [0.4, 0.5) is 102 Å². The summed E-state index contributed by atoms with van der Waals surface area (Å²) in [7, 11) is 0. The van der Waals surface area contributed by atoms with Crippen molar-refractivity contribution in [1.82, 2.24) is 0 Å². The molecule has 0 aliphatic heterocycles. The molecule has 708 valence electrons. The summed E-state index contributed by atoms with van der Waals surface area (Å²) in [6, 6.07) is 223. The molecule has 0 radical (unpaired) electrons. The number of nitrogens with zero attached hydrogens (tertiary/aromatic N) is 6. The zero-order valence-electron chi connectivity index (χ0n) is 82.6. The van der Waals surface area contributed by atoms with Crippen molar-refractivity contribution in [3.8, 4) is 66.8 Å². The van der Waals surface area contributed by atoms with Gasteiger partial charge in [0, 0.05) is 102 Å². The lowest BCUT2D eigenvalue weighted by atomic mass is 9.98. The molecule has 0 spiro atoms. The van der Waals surface area contributed by atoms with Gasteiger partial charge in [0.2, 0.25) is 0 Å². The summed E-state index contributed by atoms with van der Waals surface area (Å²) in [4.78, 5) is 14.1. The molecule has 6 nitrogen and oxygen atoms in total. The van der Waals surface area contributed by atoms with Gasteiger partial charge in [-0.1, -0.05) is 413 Å². The Morgan fingerprint density at radius 1 is 0.0800 bits per heavy atom. The number of para-hydroxylation sites is 6. The van der Waals surface area contributed by atoms with Gasteiger partial charge in [-0.25, -0.2) is 0 Å². The van der Waals surface area contributed by atoms with E-state index >= 15 is 0 Å². The number of rotatable bonds is 24. The van der Waals surface area contributed by atoms with Crippen LogP contribution < -0.4 is 29.4 Å². The van der Waals surface area contributed by atoms with E-state index < -0.39 is 0 Å². The molecule has 26 aromatic rings. The van der Waals surface area contributed by atoms with Crippen LogP contribution in [0, 0.1) is 0 Å². The van der Waals surface area contributed by atoms with Gasteiger partial charge in [0.25, 0.3) is 0 Å². The predicted octanol–water partition coefficient (Wildman–Crippen LogP) is 41.1. The first-order valence-corrected chi connectivity index (χ1v) is 51.3. The molecule has 0 bridgehead atoms. The molecule has 150 heavy (non-hydrogen) atoms. The van der Waals surface area contributed by atoms with E-state index in [0.717, 1.165) is 125 Å². The summed E-state index contributed by atoms with van der Waals surface area (Å²) < 4.78 is 0. The molecule has 0 atom stereocenters. The zero-order valence-corrected chi connectivity index (χ0v) is 82.6. The lowest BCUT2D eigenvalue weighted by molar-refractivity contribution is 1.28. The molecule has 0 aliphatic rings. The van der Waals surface area contributed by atoms with Crippen molar-refractivity contribution < 1.29 is 0 Å². The Morgan fingerprint density at radius 3 is 0.453 bits per heavy atom. The molecule has 0 aromatic heterocycles. The molecular formula is C144H102N6. The smallest absolute Gasteiger partial charge is 0.0546 e. The van der Waals surface area contributed by atoms with Gasteiger partial charge in [-0.05, 0) is 327 Å². The minimum absolute atomic E-state index is 1.09. The van der Waals surface area contributed by atoms with Crippen molar-refractivity contribution in [3.63, 3.8) is 0 Å². The molecule has 6 heteroatoms. The van der Waals surface area contributed by atoms with Crippen LogP contribution in [0.5, 0.6) is 0 Å². The van der Waals surface area contributed by atoms with Crippen LogP contribution in [0.15, 0.2) is 619 Å². The molecule has 0 N–H and O–H groups in total. The maximum atomic E-state index is 2.38. The number of anilines is 18. The van der Waals surface area contributed by atoms with Gasteiger partial charge in [0.15, 0.2) is 0 Å². The summed E-state index contributed by atoms with van der Waals surface area (Å²) in [6.45, 7) is 0. The van der Waals surface area contributed by atoms with Gasteiger partial charge >= 0.3 is 0 Å². The van der Waals surface area contributed by atoms with Crippen molar-refractivity contribution in [2.45, 2.75) is 0 Å². The maximum absolute atomic E-state index is 2.38. The van der Waals surface area contributed by atoms with Crippen LogP contribution >= 0.6 is 0 Å². The van der Waals surface area contributed by atoms with Gasteiger partial charge < -0.3 is 29.4 Å². The first-order valence-electron chi connectivity index (χ1n) is 51.3. The highest BCUT2D eigenvalue weighted by Gasteiger charge is 2.25. The summed E-state index contributed by atoms with van der Waals surface area (Å²) in [5.74, 6) is 0. The van der Waals surface area contributed by atoms with Crippen LogP contribution in [0.2, 0.25) is 0 Å². The fraction of sp³-hybridized carbons (Fsp3) is 0. The van der Waals surface area contributed by atoms with Gasteiger partial charge in [-0.3, -0.25) is 0 Å². The minimum atomic E-state index is 1.09. The Hall–Kier alpha value is -19.9. The van der Waals surface area contributed by atoms with Crippen molar-refractivity contribution >= 4 is 167 Å². The van der Waals surface area contributed by atoms with E-state index in [4.69, 9.17) is 0 Å². The van der Waals surface area contributed by atoms with Crippen LogP contribution in [0.3, 0.4) is 0 Å². The Bertz CT molecular complexity index is 9210. The topological polar surface area (TPSA) is 19.4 Å². The Labute approximate surface area is 875 Å². The Kier molecular flexibility index (Phi) is 25.2. The van der Waals surface area contributed by atoms with E-state index in [9.17, 15) is 0 Å². The van der Waals surface area contributed by atoms with E-state index in [1.807, 2.05) is 0 Å². The monoisotopic (exact) mass is 1910 g/mol. The SMILES string of the molecule is c1ccc(N(c2ccc(-c3ccc(-c4ccc(N(c5ccccc5)c5cc6ccccc6c6ccccc56)cc4)cc3)cc2)c2ccc(-c3ccc(N(c4ccccc4)c4cc5ccccc5c5ccccc45)cc3)cc2)cc1.c1ccc(N(c2ccc(-c3ccc(-c4ccc(N(c5ccccc5)c5ccc6ccccc6c5)cc4)cc3)cc2)c2ccc(-c3ccc(N(c4ccccc4)c4ccc5ccccc5c4)cc3)cc2)cc1. The van der Waals surface area contributed by atoms with E-state index in [-0.39, 0.29) is 0 Å². The fourth-order valence-corrected chi connectivity index (χ4v) is 21.3. The third-order valence-corrected chi connectivity index (χ3v) is 28.8. The fourth-order valence-electron chi connectivity index (χ4n) is 21.3. The van der Waals surface area contributed by atoms with Gasteiger partial charge in [-0.15, -0.1) is 0 Å². The molecule has 0 amide bonds. The third-order valence-electron chi connectivity index (χ3n) is 28.8. The quantitative estimate of drug-likeness (QED) is 0.0558. The van der Waals surface area contributed by atoms with Crippen molar-refractivity contribution in [3.05, 3.63) is 619 Å². The van der Waals surface area contributed by atoms with Crippen molar-refractivity contribution in [2.24, 2.45) is 0 Å². The molecule has 0 fully saturated rings. The van der Waals surface area contributed by atoms with Crippen molar-refractivity contribution in [1.29, 1.82) is 0 Å². The van der Waals surface area contributed by atoms with Crippen LogP contribution in [0.1, 0.15) is 0 Å². The second-order valence-electron chi connectivity index (χ2n) is 37.9. The predicted molar refractivity (Wildman–Crippen MR) is 639 cm³/mol. The lowest BCUT2D eigenvalue weighted by Crippen LogP contribution is -2.10. The highest BCUT2D eigenvalue weighted by Crippen LogP contribution is 2.49. The average molecular weight is 1920 g/mol. The maximum Gasteiger partial charge on any atom is 0.0546 e. The van der Waals surface area contributed by atoms with E-state index in [1.54, 1.807) is 0 Å². The van der Waals surface area contributed by atoms with Crippen LogP contribution in [-0.4, -0.2) is 0 Å². The normalized spacial score (nSPS) is 11.2. The molecule has 0 unspecified atom stereocenters. The Balaban J connectivity index is 0.000000156. The molecule has 0 saturated carbocycles. The molecule has 26 aromatic carbocycles. The van der Waals surface area contributed by atoms with E-state index in [0.29, 0.717) is 0 Å². The first-order chi connectivity index (χ1) is 74.4. The van der Waals surface area contributed by atoms with Gasteiger partial charge in [-0.2, -0.15) is 0 Å². The first kappa shape index (κ1) is 91.3. The van der Waals surface area contributed by atoms with Crippen molar-refractivity contribution in [2.75, 3.05) is 29.4 Å². The van der Waals surface area contributed by atoms with Crippen LogP contribution in [-0.2, 0) is 0 Å². The Morgan fingerprint density at radius 2 is 0.227 bits per heavy atom. The number of hydrogen-bond donors (Lipinski definition) is 0. The largest absolute Gasteiger partial charge is 0.311 e. The third kappa shape index (κ3) is 18.8. The highest BCUT2D eigenvalue weighted by atomic mass is 15.2. The molecular weight excluding hydrogens is 1810 g/mol. The zero-order chi connectivity index (χ0) is 99.8. The summed E-state index contributed by atoms with van der Waals surface area (Å²) >= 11 is 0. The molecule has 0 aliphatic carbocycles. The molecule has 0 saturated heterocycles. The van der Waals surface area contributed by atoms with Gasteiger partial charge in [0.05, 0.1) is 11.4 Å². The van der Waals surface area contributed by atoms with Gasteiger partial charge in [0.1, 0.15) is 0 Å². The number of benzene rings is 26. The average Bonchev–Trinajstić information content (AvgIpc) is 0.760. The second kappa shape index (κ2) is 41.4. The molecule has 0 heterocycles. The van der Waals surface area contributed by atoms with E-state index in [1.165, 1.54) is 109 Å². The minimum Gasteiger partial charge on any atom is -0.311 e. The lowest BCUT2D eigenvalue weighted by Gasteiger charge is -2.28. The molecule has 26 rings (SSSR count). The number of fused-ring (bicyclic) bond motifs is 8. The second-order valence-corrected chi connectivity index (χ2v) is 37.9. The standard InChI is InChI=1S/C76H53N3.C68H49N3/c1-4-20-62(21-5-1)77(66-46-38-58(39-47-66)59-42-50-68(51-43-59)79(64-24-8-3-9-25-64)76-53-61-19-11-13-27-70(61)72-29-15-17-31-74(72)76)65-44-36-56(37-45-65)54-32-34-55(35-33-54)57-40-48-67(49-41-57)78(63-22-6-2-7-23-63)75-52-60-18-10-12-26-69(60)71-28-14-16-30-73(71)75;1-4-18-60(19-5-1)69(64-40-30-56(31-41-64)57-34-44-66(45-35-57)71(62-22-8-3-9-23-62)68-47-37-51-15-11-13-17-59(51)49-68)63-38-28-54(29-39-63)52-24-26-53(27-25-52)55-32-42-65(43-33-55)70(61-20-6-2-7-21-61)67-46-36-50-14-10-12-16-58(50)48-67/h1-53H;1-49H. The van der Waals surface area contributed by atoms with Crippen LogP contribution in [0.25, 0.3) is 131 Å². The highest BCUT2D eigenvalue weighted by molar-refractivity contribution is 6.16. The summed E-state index contributed by atoms with van der Waals surface area (Å²) in [5, 5.41) is 14.8.